The Bertz CT molecular complexity index is 3990. The molecule has 0 aliphatic heterocycles. The summed E-state index contributed by atoms with van der Waals surface area (Å²) < 4.78 is 6.19. The third-order valence-electron chi connectivity index (χ3n) is 16.7. The molecule has 1 heterocycles. The molecule has 2 aliphatic carbocycles. The molecule has 1 heteroatoms. The lowest BCUT2D eigenvalue weighted by molar-refractivity contribution is 0.651. The van der Waals surface area contributed by atoms with Gasteiger partial charge in [-0.1, -0.05) is 240 Å². The highest BCUT2D eigenvalue weighted by molar-refractivity contribution is 6.06. The maximum absolute atomic E-state index is 6.19. The predicted octanol–water partition coefficient (Wildman–Crippen LogP) is 19.7. The summed E-state index contributed by atoms with van der Waals surface area (Å²) in [5, 5.41) is 2.32. The van der Waals surface area contributed by atoms with Gasteiger partial charge in [0.2, 0.25) is 0 Å². The summed E-state index contributed by atoms with van der Waals surface area (Å²) in [5.74, 6) is 0.0294. The van der Waals surface area contributed by atoms with E-state index in [9.17, 15) is 0 Å². The van der Waals surface area contributed by atoms with Gasteiger partial charge in [-0.15, -0.1) is 0 Å². The predicted molar refractivity (Wildman–Crippen MR) is 310 cm³/mol. The Morgan fingerprint density at radius 3 is 1.12 bits per heavy atom. The maximum atomic E-state index is 6.19. The van der Waals surface area contributed by atoms with Crippen LogP contribution >= 0.6 is 0 Å². The summed E-state index contributed by atoms with van der Waals surface area (Å²) in [4.78, 5) is 0. The van der Waals surface area contributed by atoms with Crippen LogP contribution in [0, 0.1) is 0 Å². The zero-order valence-corrected chi connectivity index (χ0v) is 42.2. The lowest BCUT2D eigenvalue weighted by Gasteiger charge is -2.25. The van der Waals surface area contributed by atoms with Gasteiger partial charge in [0.05, 0.1) is 0 Å². The van der Waals surface area contributed by atoms with Crippen LogP contribution in [-0.2, 0) is 10.8 Å². The molecular weight excluding hydrogens is 893 g/mol. The van der Waals surface area contributed by atoms with E-state index in [0.717, 1.165) is 21.9 Å². The van der Waals surface area contributed by atoms with Crippen molar-refractivity contribution in [1.82, 2.24) is 0 Å². The summed E-state index contributed by atoms with van der Waals surface area (Å²) in [7, 11) is 0. The molecule has 0 N–H and O–H groups in total. The van der Waals surface area contributed by atoms with Gasteiger partial charge in [0.1, 0.15) is 11.2 Å². The Hall–Kier alpha value is -8.78. The van der Waals surface area contributed by atoms with Crippen LogP contribution in [0.4, 0.5) is 0 Å². The Labute approximate surface area is 434 Å². The molecule has 1 aromatic heterocycles. The van der Waals surface area contributed by atoms with Crippen LogP contribution in [0.3, 0.4) is 0 Å². The zero-order valence-electron chi connectivity index (χ0n) is 42.2. The van der Waals surface area contributed by atoms with Crippen molar-refractivity contribution in [3.8, 4) is 77.9 Å². The molecule has 0 fully saturated rings. The topological polar surface area (TPSA) is 13.1 Å². The highest BCUT2D eigenvalue weighted by Gasteiger charge is 2.42. The second-order valence-electron chi connectivity index (χ2n) is 21.6. The number of hydrogen-bond donors (Lipinski definition) is 0. The standard InChI is InChI=1S/C73H54O/c1-72(2)65-42-57(56-37-40-70-64(41-56)61-17-11-12-18-69(61)74-70)35-38-59(65)62-44-68-63(45-67(62)72)60-39-36-58(43-66(60)73(68,3)4)71(54-31-27-52(28-32-54)50-23-19-48(20-24-50)46-13-7-5-8-14-46)55-33-29-53(30-34-55)51-25-21-49(22-26-51)47-15-9-6-10-16-47/h5-45,71H,1-4H3. The molecule has 12 aromatic rings. The molecule has 0 radical (unpaired) electrons. The van der Waals surface area contributed by atoms with Crippen molar-refractivity contribution in [2.24, 2.45) is 0 Å². The van der Waals surface area contributed by atoms with Crippen LogP contribution < -0.4 is 0 Å². The Morgan fingerprint density at radius 2 is 0.608 bits per heavy atom. The number of furan rings is 1. The SMILES string of the molecule is CC1(C)c2cc(-c3ccc4oc5ccccc5c4c3)ccc2-c2cc3c(cc21)-c1ccc(C(c2ccc(-c4ccc(-c5ccccc5)cc4)cc2)c2ccc(-c4ccc(-c5ccccc5)cc4)cc2)cc1C3(C)C. The third-order valence-corrected chi connectivity index (χ3v) is 16.7. The molecule has 352 valence electrons. The van der Waals surface area contributed by atoms with Crippen molar-refractivity contribution in [1.29, 1.82) is 0 Å². The van der Waals surface area contributed by atoms with Crippen LogP contribution in [0.2, 0.25) is 0 Å². The van der Waals surface area contributed by atoms with E-state index in [1.54, 1.807) is 0 Å². The number of para-hydroxylation sites is 1. The molecule has 74 heavy (non-hydrogen) atoms. The molecule has 14 rings (SSSR count). The fourth-order valence-corrected chi connectivity index (χ4v) is 12.5. The molecule has 0 saturated heterocycles. The van der Waals surface area contributed by atoms with E-state index in [4.69, 9.17) is 4.42 Å². The van der Waals surface area contributed by atoms with Crippen LogP contribution in [0.15, 0.2) is 253 Å². The van der Waals surface area contributed by atoms with Gasteiger partial charge in [-0.3, -0.25) is 0 Å². The highest BCUT2D eigenvalue weighted by Crippen LogP contribution is 2.57. The van der Waals surface area contributed by atoms with E-state index in [-0.39, 0.29) is 16.7 Å². The van der Waals surface area contributed by atoms with E-state index in [1.165, 1.54) is 117 Å². The normalized spacial score (nSPS) is 13.7. The lowest BCUT2D eigenvalue weighted by atomic mass is 9.78. The van der Waals surface area contributed by atoms with Crippen molar-refractivity contribution in [3.63, 3.8) is 0 Å². The minimum atomic E-state index is -0.207. The van der Waals surface area contributed by atoms with E-state index >= 15 is 0 Å². The smallest absolute Gasteiger partial charge is 0.135 e. The second-order valence-corrected chi connectivity index (χ2v) is 21.6. The van der Waals surface area contributed by atoms with Gasteiger partial charge < -0.3 is 4.42 Å². The minimum Gasteiger partial charge on any atom is -0.456 e. The van der Waals surface area contributed by atoms with Gasteiger partial charge in [0.15, 0.2) is 0 Å². The van der Waals surface area contributed by atoms with Crippen molar-refractivity contribution < 1.29 is 4.42 Å². The quantitative estimate of drug-likeness (QED) is 0.138. The van der Waals surface area contributed by atoms with Crippen LogP contribution in [-0.4, -0.2) is 0 Å². The molecular formula is C73H54O. The number of rotatable bonds is 8. The number of fused-ring (bicyclic) bond motifs is 9. The van der Waals surface area contributed by atoms with Gasteiger partial charge in [-0.2, -0.15) is 0 Å². The molecule has 2 aliphatic rings. The Kier molecular flexibility index (Phi) is 10.0. The van der Waals surface area contributed by atoms with Crippen molar-refractivity contribution in [2.45, 2.75) is 44.4 Å². The van der Waals surface area contributed by atoms with Crippen LogP contribution in [0.5, 0.6) is 0 Å². The summed E-state index contributed by atoms with van der Waals surface area (Å²) in [6.45, 7) is 9.67. The molecule has 0 spiro atoms. The molecule has 0 unspecified atom stereocenters. The molecule has 0 bridgehead atoms. The van der Waals surface area contributed by atoms with Gasteiger partial charge in [0, 0.05) is 27.5 Å². The van der Waals surface area contributed by atoms with Crippen molar-refractivity contribution in [3.05, 3.63) is 288 Å². The molecule has 0 atom stereocenters. The van der Waals surface area contributed by atoms with Gasteiger partial charge in [0.25, 0.3) is 0 Å². The highest BCUT2D eigenvalue weighted by atomic mass is 16.3. The van der Waals surface area contributed by atoms with E-state index in [1.807, 2.05) is 6.07 Å². The lowest BCUT2D eigenvalue weighted by Crippen LogP contribution is -2.17. The Morgan fingerprint density at radius 1 is 0.257 bits per heavy atom. The van der Waals surface area contributed by atoms with E-state index in [2.05, 4.69) is 270 Å². The summed E-state index contributed by atoms with van der Waals surface area (Å²) >= 11 is 0. The average molecular weight is 947 g/mol. The van der Waals surface area contributed by atoms with Gasteiger partial charge >= 0.3 is 0 Å². The Balaban J connectivity index is 0.816. The van der Waals surface area contributed by atoms with Crippen molar-refractivity contribution in [2.75, 3.05) is 0 Å². The molecule has 11 aromatic carbocycles. The summed E-state index contributed by atoms with van der Waals surface area (Å²) in [6.07, 6.45) is 0. The fraction of sp³-hybridized carbons (Fsp3) is 0.0959. The summed E-state index contributed by atoms with van der Waals surface area (Å²) in [5.41, 5.74) is 28.5. The van der Waals surface area contributed by atoms with Gasteiger partial charge in [-0.05, 0) is 153 Å². The number of benzene rings is 11. The first-order valence-corrected chi connectivity index (χ1v) is 26.1. The van der Waals surface area contributed by atoms with E-state index in [0.29, 0.717) is 0 Å². The molecule has 1 nitrogen and oxygen atoms in total. The first-order valence-electron chi connectivity index (χ1n) is 26.1. The molecule has 0 amide bonds. The zero-order chi connectivity index (χ0) is 49.7. The monoisotopic (exact) mass is 946 g/mol. The second kappa shape index (κ2) is 16.9. The first-order chi connectivity index (χ1) is 36.2. The summed E-state index contributed by atoms with van der Waals surface area (Å²) in [6, 6.07) is 92.3. The third kappa shape index (κ3) is 7.13. The largest absolute Gasteiger partial charge is 0.456 e. The van der Waals surface area contributed by atoms with Gasteiger partial charge in [-0.25, -0.2) is 0 Å². The van der Waals surface area contributed by atoms with Crippen LogP contribution in [0.1, 0.15) is 72.6 Å². The van der Waals surface area contributed by atoms with E-state index < -0.39 is 0 Å². The number of hydrogen-bond acceptors (Lipinski definition) is 1. The fourth-order valence-electron chi connectivity index (χ4n) is 12.5. The van der Waals surface area contributed by atoms with Crippen molar-refractivity contribution >= 4 is 21.9 Å². The maximum Gasteiger partial charge on any atom is 0.135 e. The molecule has 0 saturated carbocycles. The minimum absolute atomic E-state index is 0.0294. The average Bonchev–Trinajstić information content (AvgIpc) is 4.10. The first kappa shape index (κ1) is 44.0. The van der Waals surface area contributed by atoms with Crippen LogP contribution in [0.25, 0.3) is 99.8 Å².